The fourth-order valence-corrected chi connectivity index (χ4v) is 2.94. The largest absolute Gasteiger partial charge is 0.342 e. The Kier molecular flexibility index (Phi) is 7.78. The van der Waals surface area contributed by atoms with Crippen molar-refractivity contribution in [2.75, 3.05) is 13.1 Å². The third kappa shape index (κ3) is 6.77. The molecule has 0 spiro atoms. The van der Waals surface area contributed by atoms with Crippen molar-refractivity contribution < 1.29 is 24.0 Å². The molecule has 1 saturated heterocycles. The van der Waals surface area contributed by atoms with Gasteiger partial charge in [-0.15, -0.1) is 5.06 Å². The molecule has 0 aromatic carbocycles. The Bertz CT molecular complexity index is 535. The maximum atomic E-state index is 12.7. The van der Waals surface area contributed by atoms with Crippen LogP contribution in [-0.2, 0) is 24.0 Å². The monoisotopic (exact) mass is 368 g/mol. The molecule has 0 aromatic rings. The number of hydrogen-bond donors (Lipinski definition) is 0. The van der Waals surface area contributed by atoms with Gasteiger partial charge in [-0.25, -0.2) is 4.79 Å². The van der Waals surface area contributed by atoms with E-state index in [2.05, 4.69) is 0 Å². The normalized spacial score (nSPS) is 16.2. The third-order valence-electron chi connectivity index (χ3n) is 4.10. The van der Waals surface area contributed by atoms with Gasteiger partial charge in [0, 0.05) is 32.4 Å². The molecular weight excluding hydrogens is 336 g/mol. The van der Waals surface area contributed by atoms with Crippen LogP contribution in [0.4, 0.5) is 0 Å². The minimum atomic E-state index is -0.692. The average molecular weight is 368 g/mol. The molecule has 0 aliphatic carbocycles. The Morgan fingerprint density at radius 2 is 1.69 bits per heavy atom. The predicted octanol–water partition coefficient (Wildman–Crippen LogP) is 2.54. The summed E-state index contributed by atoms with van der Waals surface area (Å²) in [6.07, 6.45) is 0.565. The lowest BCUT2D eigenvalue weighted by molar-refractivity contribution is -0.201. The SMILES string of the molecule is CCN(CC(C)(C)C)C(=O)C[C@@H](CC(C)C)C(=O)ON1C(=O)CCC1=O. The second-order valence-electron chi connectivity index (χ2n) is 8.49. The first-order chi connectivity index (χ1) is 11.9. The molecular formula is C19H32N2O5. The van der Waals surface area contributed by atoms with Gasteiger partial charge in [0.15, 0.2) is 0 Å². The fourth-order valence-electron chi connectivity index (χ4n) is 2.94. The van der Waals surface area contributed by atoms with Crippen LogP contribution in [0.5, 0.6) is 0 Å². The van der Waals surface area contributed by atoms with Crippen molar-refractivity contribution in [2.24, 2.45) is 17.3 Å². The summed E-state index contributed by atoms with van der Waals surface area (Å²) in [5, 5.41) is 0.548. The highest BCUT2D eigenvalue weighted by molar-refractivity contribution is 6.01. The highest BCUT2D eigenvalue weighted by Crippen LogP contribution is 2.23. The lowest BCUT2D eigenvalue weighted by Gasteiger charge is -2.30. The molecule has 1 atom stereocenters. The quantitative estimate of drug-likeness (QED) is 0.615. The maximum absolute atomic E-state index is 12.7. The lowest BCUT2D eigenvalue weighted by Crippen LogP contribution is -2.40. The van der Waals surface area contributed by atoms with E-state index in [0.717, 1.165) is 0 Å². The van der Waals surface area contributed by atoms with Crippen LogP contribution in [0, 0.1) is 17.3 Å². The Morgan fingerprint density at radius 1 is 1.15 bits per heavy atom. The average Bonchev–Trinajstić information content (AvgIpc) is 2.82. The van der Waals surface area contributed by atoms with Crippen molar-refractivity contribution in [1.29, 1.82) is 0 Å². The van der Waals surface area contributed by atoms with E-state index in [-0.39, 0.29) is 36.5 Å². The second kappa shape index (κ2) is 9.14. The first-order valence-corrected chi connectivity index (χ1v) is 9.30. The Morgan fingerprint density at radius 3 is 2.12 bits per heavy atom. The molecule has 0 aromatic heterocycles. The number of hydroxylamine groups is 2. The van der Waals surface area contributed by atoms with Crippen molar-refractivity contribution in [2.45, 2.75) is 67.2 Å². The van der Waals surface area contributed by atoms with Crippen LogP contribution in [0.2, 0.25) is 0 Å². The molecule has 148 valence electrons. The second-order valence-corrected chi connectivity index (χ2v) is 8.49. The molecule has 7 heteroatoms. The summed E-state index contributed by atoms with van der Waals surface area (Å²) in [5.74, 6) is -2.35. The van der Waals surface area contributed by atoms with Crippen LogP contribution in [0.15, 0.2) is 0 Å². The van der Waals surface area contributed by atoms with E-state index in [1.54, 1.807) is 4.90 Å². The highest BCUT2D eigenvalue weighted by atomic mass is 16.7. The number of nitrogens with zero attached hydrogens (tertiary/aromatic N) is 2. The van der Waals surface area contributed by atoms with Gasteiger partial charge in [0.2, 0.25) is 5.91 Å². The summed E-state index contributed by atoms with van der Waals surface area (Å²) in [6, 6.07) is 0. The van der Waals surface area contributed by atoms with E-state index < -0.39 is 23.7 Å². The van der Waals surface area contributed by atoms with Gasteiger partial charge in [0.25, 0.3) is 11.8 Å². The van der Waals surface area contributed by atoms with Crippen LogP contribution in [0.1, 0.15) is 67.2 Å². The third-order valence-corrected chi connectivity index (χ3v) is 4.10. The van der Waals surface area contributed by atoms with Crippen LogP contribution < -0.4 is 0 Å². The minimum Gasteiger partial charge on any atom is -0.342 e. The highest BCUT2D eigenvalue weighted by Gasteiger charge is 2.36. The zero-order chi connectivity index (χ0) is 20.1. The van der Waals surface area contributed by atoms with Gasteiger partial charge in [0.05, 0.1) is 5.92 Å². The number of imide groups is 1. The summed E-state index contributed by atoms with van der Waals surface area (Å²) in [5.41, 5.74) is -0.0475. The summed E-state index contributed by atoms with van der Waals surface area (Å²) in [7, 11) is 0. The standard InChI is InChI=1S/C19H32N2O5/c1-7-20(12-19(4,5)6)17(24)11-14(10-13(2)3)18(25)26-21-15(22)8-9-16(21)23/h13-14H,7-12H2,1-6H3/t14-/m1/s1. The Hall–Kier alpha value is -1.92. The van der Waals surface area contributed by atoms with Crippen LogP contribution in [0.3, 0.4) is 0 Å². The van der Waals surface area contributed by atoms with E-state index in [1.807, 2.05) is 41.5 Å². The van der Waals surface area contributed by atoms with Gasteiger partial charge in [-0.05, 0) is 24.7 Å². The topological polar surface area (TPSA) is 84.0 Å². The number of carbonyl (C=O) groups is 4. The van der Waals surface area contributed by atoms with E-state index >= 15 is 0 Å². The van der Waals surface area contributed by atoms with Crippen molar-refractivity contribution in [1.82, 2.24) is 9.96 Å². The fraction of sp³-hybridized carbons (Fsp3) is 0.789. The van der Waals surface area contributed by atoms with E-state index in [4.69, 9.17) is 4.84 Å². The Labute approximate surface area is 156 Å². The van der Waals surface area contributed by atoms with Gasteiger partial charge in [-0.2, -0.15) is 0 Å². The summed E-state index contributed by atoms with van der Waals surface area (Å²) < 4.78 is 0. The first-order valence-electron chi connectivity index (χ1n) is 9.30. The van der Waals surface area contributed by atoms with Crippen LogP contribution >= 0.6 is 0 Å². The van der Waals surface area contributed by atoms with Gasteiger partial charge in [-0.3, -0.25) is 14.4 Å². The molecule has 1 aliphatic rings. The molecule has 1 aliphatic heterocycles. The van der Waals surface area contributed by atoms with Crippen molar-refractivity contribution in [3.63, 3.8) is 0 Å². The van der Waals surface area contributed by atoms with Crippen LogP contribution in [0.25, 0.3) is 0 Å². The summed E-state index contributed by atoms with van der Waals surface area (Å²) >= 11 is 0. The molecule has 1 rings (SSSR count). The number of amides is 3. The maximum Gasteiger partial charge on any atom is 0.336 e. The molecule has 0 saturated carbocycles. The minimum absolute atomic E-state index is 0.0111. The zero-order valence-electron chi connectivity index (χ0n) is 16.8. The molecule has 0 radical (unpaired) electrons. The van der Waals surface area contributed by atoms with Crippen molar-refractivity contribution in [3.05, 3.63) is 0 Å². The van der Waals surface area contributed by atoms with Gasteiger partial charge in [0.1, 0.15) is 0 Å². The van der Waals surface area contributed by atoms with Gasteiger partial charge >= 0.3 is 5.97 Å². The predicted molar refractivity (Wildman–Crippen MR) is 96.5 cm³/mol. The zero-order valence-corrected chi connectivity index (χ0v) is 16.8. The van der Waals surface area contributed by atoms with Crippen molar-refractivity contribution in [3.8, 4) is 0 Å². The van der Waals surface area contributed by atoms with E-state index in [9.17, 15) is 19.2 Å². The van der Waals surface area contributed by atoms with E-state index in [0.29, 0.717) is 24.6 Å². The summed E-state index contributed by atoms with van der Waals surface area (Å²) in [6.45, 7) is 13.1. The molecule has 0 bridgehead atoms. The van der Waals surface area contributed by atoms with E-state index in [1.165, 1.54) is 0 Å². The Balaban J connectivity index is 2.81. The van der Waals surface area contributed by atoms with Crippen LogP contribution in [-0.4, -0.2) is 46.7 Å². The molecule has 0 N–H and O–H groups in total. The number of hydrogen-bond acceptors (Lipinski definition) is 5. The molecule has 1 fully saturated rings. The molecule has 1 heterocycles. The molecule has 26 heavy (non-hydrogen) atoms. The number of carbonyl (C=O) groups excluding carboxylic acids is 4. The number of rotatable bonds is 8. The lowest BCUT2D eigenvalue weighted by atomic mass is 9.92. The first kappa shape index (κ1) is 22.1. The molecule has 7 nitrogen and oxygen atoms in total. The summed E-state index contributed by atoms with van der Waals surface area (Å²) in [4.78, 5) is 55.3. The van der Waals surface area contributed by atoms with Gasteiger partial charge in [-0.1, -0.05) is 34.6 Å². The molecule has 3 amide bonds. The smallest absolute Gasteiger partial charge is 0.336 e. The van der Waals surface area contributed by atoms with Crippen molar-refractivity contribution >= 4 is 23.7 Å². The van der Waals surface area contributed by atoms with Gasteiger partial charge < -0.3 is 9.74 Å². The molecule has 0 unspecified atom stereocenters.